The van der Waals surface area contributed by atoms with Crippen LogP contribution in [0.1, 0.15) is 20.1 Å². The van der Waals surface area contributed by atoms with E-state index in [1.54, 1.807) is 4.08 Å². The summed E-state index contributed by atoms with van der Waals surface area (Å²) in [5, 5.41) is 18.0. The molecule has 1 aromatic rings. The predicted molar refractivity (Wildman–Crippen MR) is 86.4 cm³/mol. The molecule has 0 bridgehead atoms. The molecule has 1 aromatic heterocycles. The van der Waals surface area contributed by atoms with Crippen molar-refractivity contribution >= 4 is 67.9 Å². The molecule has 0 aliphatic heterocycles. The fraction of sp³-hybridized carbons (Fsp3) is 0.0833. The number of hydrogen-bond acceptors (Lipinski definition) is 4. The summed E-state index contributed by atoms with van der Waals surface area (Å²) in [5.74, 6) is -0.0915. The molecule has 0 amide bonds. The summed E-state index contributed by atoms with van der Waals surface area (Å²) < 4.78 is 2.56. The molecule has 0 spiro atoms. The van der Waals surface area contributed by atoms with Gasteiger partial charge in [0, 0.05) is 24.5 Å². The maximum atomic E-state index is 12.3. The molecular formula is C12H4I2N2OS. The SMILES string of the molecule is Cc1sc2c(c1I)C(=O)/C(=C\I)C2=C(C#N)C#N. The van der Waals surface area contributed by atoms with Gasteiger partial charge in [0.05, 0.1) is 5.56 Å². The molecule has 0 saturated carbocycles. The van der Waals surface area contributed by atoms with Crippen molar-refractivity contribution in [2.75, 3.05) is 0 Å². The van der Waals surface area contributed by atoms with Crippen molar-refractivity contribution in [1.82, 2.24) is 0 Å². The van der Waals surface area contributed by atoms with E-state index in [1.807, 2.05) is 41.7 Å². The zero-order valence-corrected chi connectivity index (χ0v) is 14.2. The molecule has 1 aliphatic carbocycles. The van der Waals surface area contributed by atoms with Crippen molar-refractivity contribution < 1.29 is 4.79 Å². The average molecular weight is 478 g/mol. The van der Waals surface area contributed by atoms with Gasteiger partial charge in [-0.05, 0) is 33.6 Å². The van der Waals surface area contributed by atoms with Crippen molar-refractivity contribution in [3.63, 3.8) is 0 Å². The van der Waals surface area contributed by atoms with Gasteiger partial charge < -0.3 is 0 Å². The van der Waals surface area contributed by atoms with Crippen LogP contribution in [-0.4, -0.2) is 5.78 Å². The van der Waals surface area contributed by atoms with E-state index in [1.165, 1.54) is 11.3 Å². The molecule has 88 valence electrons. The fourth-order valence-electron chi connectivity index (χ4n) is 1.76. The van der Waals surface area contributed by atoms with Gasteiger partial charge in [0.25, 0.3) is 0 Å². The Morgan fingerprint density at radius 2 is 2.00 bits per heavy atom. The fourth-order valence-corrected chi connectivity index (χ4v) is 4.49. The first-order valence-electron chi connectivity index (χ1n) is 4.76. The summed E-state index contributed by atoms with van der Waals surface area (Å²) in [5.41, 5.74) is 1.58. The molecule has 1 aliphatic rings. The number of thiophene rings is 1. The van der Waals surface area contributed by atoms with Gasteiger partial charge in [0.15, 0.2) is 5.78 Å². The summed E-state index contributed by atoms with van der Waals surface area (Å²) in [6, 6.07) is 3.75. The number of aryl methyl sites for hydroxylation is 1. The van der Waals surface area contributed by atoms with Gasteiger partial charge in [0.2, 0.25) is 0 Å². The van der Waals surface area contributed by atoms with Crippen LogP contribution in [0.5, 0.6) is 0 Å². The van der Waals surface area contributed by atoms with Crippen LogP contribution < -0.4 is 0 Å². The highest BCUT2D eigenvalue weighted by molar-refractivity contribution is 14.1. The highest BCUT2D eigenvalue weighted by Crippen LogP contribution is 2.46. The van der Waals surface area contributed by atoms with E-state index >= 15 is 0 Å². The Hall–Kier alpha value is -0.710. The number of halogens is 2. The third-order valence-corrected chi connectivity index (χ3v) is 6.02. The number of hydrogen-bond donors (Lipinski definition) is 0. The van der Waals surface area contributed by atoms with Crippen molar-refractivity contribution in [3.8, 4) is 12.1 Å². The maximum Gasteiger partial charge on any atom is 0.196 e. The third kappa shape index (κ3) is 1.83. The number of allylic oxidation sites excluding steroid dienone is 3. The van der Waals surface area contributed by atoms with Crippen molar-refractivity contribution in [1.29, 1.82) is 10.5 Å². The lowest BCUT2D eigenvalue weighted by atomic mass is 10.1. The number of carbonyl (C=O) groups excluding carboxylic acids is 1. The van der Waals surface area contributed by atoms with Crippen LogP contribution in [0.4, 0.5) is 0 Å². The number of ketones is 1. The molecule has 0 radical (unpaired) electrons. The average Bonchev–Trinajstić information content (AvgIpc) is 2.79. The van der Waals surface area contributed by atoms with Crippen LogP contribution in [0.3, 0.4) is 0 Å². The molecule has 0 saturated heterocycles. The number of Topliss-reactive ketones (excluding diaryl/α,β-unsaturated/α-hetero) is 1. The highest BCUT2D eigenvalue weighted by atomic mass is 127. The molecule has 6 heteroatoms. The van der Waals surface area contributed by atoms with E-state index in [-0.39, 0.29) is 11.4 Å². The van der Waals surface area contributed by atoms with Crippen LogP contribution >= 0.6 is 56.5 Å². The topological polar surface area (TPSA) is 64.7 Å². The molecule has 1 heterocycles. The molecule has 2 rings (SSSR count). The summed E-state index contributed by atoms with van der Waals surface area (Å²) in [4.78, 5) is 14.1. The first-order valence-corrected chi connectivity index (χ1v) is 7.90. The number of nitriles is 2. The zero-order chi connectivity index (χ0) is 13.4. The minimum Gasteiger partial charge on any atom is -0.288 e. The standard InChI is InChI=1S/C12H4I2N2OS/c1-5-10(14)9-11(17)7(2-13)8(12(9)18-5)6(3-15)4-16/h2H,1H3/b7-2-. The number of fused-ring (bicyclic) bond motifs is 1. The number of nitrogens with zero attached hydrogens (tertiary/aromatic N) is 2. The lowest BCUT2D eigenvalue weighted by Gasteiger charge is -1.98. The number of rotatable bonds is 0. The van der Waals surface area contributed by atoms with E-state index in [0.29, 0.717) is 16.7 Å². The molecular weight excluding hydrogens is 474 g/mol. The number of carbonyl (C=O) groups is 1. The predicted octanol–water partition coefficient (Wildman–Crippen LogP) is 3.98. The first-order chi connectivity index (χ1) is 8.56. The van der Waals surface area contributed by atoms with Gasteiger partial charge in [-0.1, -0.05) is 22.6 Å². The largest absolute Gasteiger partial charge is 0.288 e. The normalized spacial score (nSPS) is 15.5. The third-order valence-electron chi connectivity index (χ3n) is 2.56. The summed E-state index contributed by atoms with van der Waals surface area (Å²) in [6.45, 7) is 1.93. The zero-order valence-electron chi connectivity index (χ0n) is 9.04. The molecule has 0 unspecified atom stereocenters. The van der Waals surface area contributed by atoms with Crippen molar-refractivity contribution in [3.05, 3.63) is 34.1 Å². The van der Waals surface area contributed by atoms with E-state index in [0.717, 1.165) is 13.3 Å². The van der Waals surface area contributed by atoms with Gasteiger partial charge in [-0.2, -0.15) is 10.5 Å². The first kappa shape index (κ1) is 13.7. The molecule has 0 N–H and O–H groups in total. The second-order valence-corrected chi connectivity index (χ2v) is 6.43. The van der Waals surface area contributed by atoms with Gasteiger partial charge in [-0.25, -0.2) is 0 Å². The summed E-state index contributed by atoms with van der Waals surface area (Å²) in [7, 11) is 0. The molecule has 0 atom stereocenters. The summed E-state index contributed by atoms with van der Waals surface area (Å²) in [6.07, 6.45) is 0. The summed E-state index contributed by atoms with van der Waals surface area (Å²) >= 11 is 5.57. The molecule has 3 nitrogen and oxygen atoms in total. The Kier molecular flexibility index (Phi) is 3.90. The van der Waals surface area contributed by atoms with Gasteiger partial charge in [0.1, 0.15) is 17.7 Å². The monoisotopic (exact) mass is 478 g/mol. The van der Waals surface area contributed by atoms with E-state index in [9.17, 15) is 4.79 Å². The maximum absolute atomic E-state index is 12.3. The van der Waals surface area contributed by atoms with E-state index in [2.05, 4.69) is 22.6 Å². The Bertz CT molecular complexity index is 698. The van der Waals surface area contributed by atoms with Gasteiger partial charge in [-0.15, -0.1) is 11.3 Å². The van der Waals surface area contributed by atoms with E-state index < -0.39 is 0 Å². The van der Waals surface area contributed by atoms with Crippen molar-refractivity contribution in [2.24, 2.45) is 0 Å². The lowest BCUT2D eigenvalue weighted by molar-refractivity contribution is 0.104. The molecule has 0 aromatic carbocycles. The van der Waals surface area contributed by atoms with Crippen LogP contribution in [0.2, 0.25) is 0 Å². The lowest BCUT2D eigenvalue weighted by Crippen LogP contribution is -1.97. The smallest absolute Gasteiger partial charge is 0.196 e. The highest BCUT2D eigenvalue weighted by Gasteiger charge is 2.36. The molecule has 18 heavy (non-hydrogen) atoms. The van der Waals surface area contributed by atoms with Crippen LogP contribution in [-0.2, 0) is 0 Å². The van der Waals surface area contributed by atoms with Gasteiger partial charge >= 0.3 is 0 Å². The molecule has 0 fully saturated rings. The Labute approximate surface area is 135 Å². The Morgan fingerprint density at radius 3 is 2.50 bits per heavy atom. The second-order valence-electron chi connectivity index (χ2n) is 3.50. The Balaban J connectivity index is 2.90. The van der Waals surface area contributed by atoms with Gasteiger partial charge in [-0.3, -0.25) is 4.79 Å². The van der Waals surface area contributed by atoms with E-state index in [4.69, 9.17) is 10.5 Å². The van der Waals surface area contributed by atoms with Crippen molar-refractivity contribution in [2.45, 2.75) is 6.92 Å². The Morgan fingerprint density at radius 1 is 1.39 bits per heavy atom. The van der Waals surface area contributed by atoms with Crippen LogP contribution in [0.25, 0.3) is 5.57 Å². The van der Waals surface area contributed by atoms with Crippen LogP contribution in [0, 0.1) is 33.2 Å². The van der Waals surface area contributed by atoms with Crippen LogP contribution in [0.15, 0.2) is 15.2 Å². The second kappa shape index (κ2) is 5.11. The quantitative estimate of drug-likeness (QED) is 0.322. The minimum atomic E-state index is -0.0915. The minimum absolute atomic E-state index is 0.00247.